The van der Waals surface area contributed by atoms with E-state index in [1.165, 1.54) is 0 Å². The predicted molar refractivity (Wildman–Crippen MR) is 92.9 cm³/mol. The van der Waals surface area contributed by atoms with E-state index in [9.17, 15) is 4.57 Å². The lowest BCUT2D eigenvalue weighted by Crippen LogP contribution is -2.38. The maximum Gasteiger partial charge on any atom is 0.469 e. The van der Waals surface area contributed by atoms with E-state index in [1.807, 2.05) is 27.7 Å². The van der Waals surface area contributed by atoms with Gasteiger partial charge < -0.3 is 24.0 Å². The van der Waals surface area contributed by atoms with Gasteiger partial charge in [0.1, 0.15) is 0 Å². The largest absolute Gasteiger partial charge is 0.469 e. The molecule has 6 unspecified atom stereocenters. The van der Waals surface area contributed by atoms with Crippen LogP contribution in [0.1, 0.15) is 61.3 Å². The highest BCUT2D eigenvalue weighted by Crippen LogP contribution is 2.38. The Hall–Kier alpha value is -0.0100. The van der Waals surface area contributed by atoms with Crippen molar-refractivity contribution in [3.05, 3.63) is 0 Å². The lowest BCUT2D eigenvalue weighted by atomic mass is 10.2. The maximum absolute atomic E-state index is 10.9. The third kappa shape index (κ3) is 10.8. The second-order valence-electron chi connectivity index (χ2n) is 6.32. The maximum atomic E-state index is 10.9. The monoisotopic (exact) mass is 370 g/mol. The number of phosphoric ester groups is 1. The van der Waals surface area contributed by atoms with E-state index in [0.29, 0.717) is 0 Å². The predicted octanol–water partition coefficient (Wildman–Crippen LogP) is 3.28. The average molecular weight is 370 g/mol. The van der Waals surface area contributed by atoms with Crippen LogP contribution in [0.25, 0.3) is 0 Å². The van der Waals surface area contributed by atoms with E-state index in [4.69, 9.17) is 24.0 Å². The van der Waals surface area contributed by atoms with Gasteiger partial charge in [0.25, 0.3) is 0 Å². The molecule has 0 spiro atoms. The zero-order chi connectivity index (χ0) is 18.9. The standard InChI is InChI=1S/C16H35O7P/c1-8-9-10-20-11(2)12(3)21-13(4)14(5)22-15(6)16(7)23-24(17,18)19/h11-16H,8-10H2,1-7H3,(H2,17,18,19). The molecule has 0 rings (SSSR count). The number of phosphoric acid groups is 1. The van der Waals surface area contributed by atoms with Crippen LogP contribution in [-0.4, -0.2) is 53.0 Å². The molecule has 0 aliphatic heterocycles. The van der Waals surface area contributed by atoms with Gasteiger partial charge in [0, 0.05) is 6.61 Å². The molecule has 24 heavy (non-hydrogen) atoms. The van der Waals surface area contributed by atoms with Gasteiger partial charge in [-0.15, -0.1) is 0 Å². The van der Waals surface area contributed by atoms with Gasteiger partial charge in [-0.1, -0.05) is 13.3 Å². The zero-order valence-corrected chi connectivity index (χ0v) is 16.9. The van der Waals surface area contributed by atoms with Gasteiger partial charge in [0.05, 0.1) is 36.6 Å². The number of unbranched alkanes of at least 4 members (excludes halogenated alkanes) is 1. The number of hydrogen-bond acceptors (Lipinski definition) is 5. The van der Waals surface area contributed by atoms with Crippen molar-refractivity contribution in [2.75, 3.05) is 6.61 Å². The first-order valence-electron chi connectivity index (χ1n) is 8.64. The number of ether oxygens (including phenoxy) is 3. The molecule has 0 fully saturated rings. The van der Waals surface area contributed by atoms with Crippen LogP contribution in [0.5, 0.6) is 0 Å². The van der Waals surface area contributed by atoms with Crippen LogP contribution in [0.4, 0.5) is 0 Å². The molecular formula is C16H35O7P. The Morgan fingerprint density at radius 2 is 1.21 bits per heavy atom. The van der Waals surface area contributed by atoms with Gasteiger partial charge in [-0.25, -0.2) is 4.57 Å². The fraction of sp³-hybridized carbons (Fsp3) is 1.00. The Bertz CT molecular complexity index is 373. The highest BCUT2D eigenvalue weighted by Gasteiger charge is 2.27. The van der Waals surface area contributed by atoms with Crippen LogP contribution < -0.4 is 0 Å². The van der Waals surface area contributed by atoms with Crippen LogP contribution in [0.3, 0.4) is 0 Å². The van der Waals surface area contributed by atoms with Crippen LogP contribution in [0, 0.1) is 0 Å². The molecule has 8 heteroatoms. The van der Waals surface area contributed by atoms with Gasteiger partial charge in [-0.05, 0) is 48.0 Å². The van der Waals surface area contributed by atoms with Crippen molar-refractivity contribution in [3.8, 4) is 0 Å². The zero-order valence-electron chi connectivity index (χ0n) is 16.0. The minimum atomic E-state index is -4.52. The molecule has 0 aromatic heterocycles. The number of rotatable bonds is 13. The Kier molecular flexibility index (Phi) is 11.6. The summed E-state index contributed by atoms with van der Waals surface area (Å²) in [5, 5.41) is 0. The Morgan fingerprint density at radius 1 is 0.792 bits per heavy atom. The summed E-state index contributed by atoms with van der Waals surface area (Å²) in [6, 6.07) is 0. The van der Waals surface area contributed by atoms with Crippen molar-refractivity contribution >= 4 is 7.82 Å². The Morgan fingerprint density at radius 3 is 1.62 bits per heavy atom. The summed E-state index contributed by atoms with van der Waals surface area (Å²) >= 11 is 0. The molecule has 0 amide bonds. The van der Waals surface area contributed by atoms with Crippen molar-refractivity contribution in [2.24, 2.45) is 0 Å². The van der Waals surface area contributed by atoms with Gasteiger partial charge >= 0.3 is 7.82 Å². The van der Waals surface area contributed by atoms with E-state index in [0.717, 1.165) is 19.4 Å². The quantitative estimate of drug-likeness (QED) is 0.379. The van der Waals surface area contributed by atoms with Gasteiger partial charge in [0.15, 0.2) is 0 Å². The summed E-state index contributed by atoms with van der Waals surface area (Å²) in [6.07, 6.45) is 0.371. The summed E-state index contributed by atoms with van der Waals surface area (Å²) in [5.74, 6) is 0. The highest BCUT2D eigenvalue weighted by molar-refractivity contribution is 7.46. The first-order chi connectivity index (χ1) is 11.0. The summed E-state index contributed by atoms with van der Waals surface area (Å²) in [6.45, 7) is 13.8. The van der Waals surface area contributed by atoms with Crippen LogP contribution >= 0.6 is 7.82 Å². The summed E-state index contributed by atoms with van der Waals surface area (Å²) in [7, 11) is -4.52. The smallest absolute Gasteiger partial charge is 0.376 e. The van der Waals surface area contributed by atoms with Crippen molar-refractivity contribution in [3.63, 3.8) is 0 Å². The molecular weight excluding hydrogens is 335 g/mol. The van der Waals surface area contributed by atoms with E-state index in [2.05, 4.69) is 11.4 Å². The summed E-state index contributed by atoms with van der Waals surface area (Å²) in [5.41, 5.74) is 0. The highest BCUT2D eigenvalue weighted by atomic mass is 31.2. The molecule has 0 saturated carbocycles. The molecule has 0 radical (unpaired) electrons. The van der Waals surface area contributed by atoms with Crippen LogP contribution in [0.2, 0.25) is 0 Å². The van der Waals surface area contributed by atoms with Crippen molar-refractivity contribution in [1.82, 2.24) is 0 Å². The first-order valence-corrected chi connectivity index (χ1v) is 10.2. The molecule has 7 nitrogen and oxygen atoms in total. The molecule has 6 atom stereocenters. The van der Waals surface area contributed by atoms with Crippen molar-refractivity contribution in [1.29, 1.82) is 0 Å². The van der Waals surface area contributed by atoms with E-state index < -0.39 is 20.0 Å². The molecule has 0 aliphatic carbocycles. The first kappa shape index (κ1) is 24.0. The molecule has 146 valence electrons. The second-order valence-corrected chi connectivity index (χ2v) is 7.52. The van der Waals surface area contributed by atoms with Gasteiger partial charge in [-0.3, -0.25) is 4.52 Å². The lowest BCUT2D eigenvalue weighted by Gasteiger charge is -2.31. The van der Waals surface area contributed by atoms with E-state index >= 15 is 0 Å². The fourth-order valence-corrected chi connectivity index (χ4v) is 2.58. The SMILES string of the molecule is CCCCOC(C)C(C)OC(C)C(C)OC(C)C(C)OP(=O)(O)O. The third-order valence-corrected chi connectivity index (χ3v) is 4.63. The average Bonchev–Trinajstić information content (AvgIpc) is 2.45. The molecule has 0 aromatic rings. The van der Waals surface area contributed by atoms with Crippen LogP contribution in [0.15, 0.2) is 0 Å². The van der Waals surface area contributed by atoms with E-state index in [1.54, 1.807) is 13.8 Å². The van der Waals surface area contributed by atoms with Gasteiger partial charge in [0.2, 0.25) is 0 Å². The Balaban J connectivity index is 4.30. The van der Waals surface area contributed by atoms with Crippen molar-refractivity contribution < 1.29 is 33.1 Å². The summed E-state index contributed by atoms with van der Waals surface area (Å²) in [4.78, 5) is 17.7. The second kappa shape index (κ2) is 11.6. The third-order valence-electron chi connectivity index (χ3n) is 4.02. The molecule has 2 N–H and O–H groups in total. The minimum absolute atomic E-state index is 0.0134. The normalized spacial score (nSPS) is 20.2. The molecule has 0 saturated heterocycles. The van der Waals surface area contributed by atoms with Gasteiger partial charge in [-0.2, -0.15) is 0 Å². The topological polar surface area (TPSA) is 94.5 Å². The van der Waals surface area contributed by atoms with Crippen molar-refractivity contribution in [2.45, 2.75) is 97.9 Å². The lowest BCUT2D eigenvalue weighted by molar-refractivity contribution is -0.145. The Labute approximate surface area is 146 Å². The molecule has 0 heterocycles. The molecule has 0 aliphatic rings. The van der Waals surface area contributed by atoms with E-state index in [-0.39, 0.29) is 24.4 Å². The number of hydrogen-bond donors (Lipinski definition) is 2. The molecule has 0 bridgehead atoms. The minimum Gasteiger partial charge on any atom is -0.376 e. The fourth-order valence-electron chi connectivity index (χ4n) is 1.97. The van der Waals surface area contributed by atoms with Crippen LogP contribution in [-0.2, 0) is 23.3 Å². The molecule has 0 aromatic carbocycles. The summed E-state index contributed by atoms with van der Waals surface area (Å²) < 4.78 is 32.9.